The summed E-state index contributed by atoms with van der Waals surface area (Å²) in [7, 11) is 1.62. The molecular weight excluding hydrogens is 234 g/mol. The van der Waals surface area contributed by atoms with Crippen molar-refractivity contribution in [2.45, 2.75) is 6.92 Å². The van der Waals surface area contributed by atoms with Crippen molar-refractivity contribution in [1.82, 2.24) is 4.98 Å². The molecule has 1 heterocycles. The highest BCUT2D eigenvalue weighted by Crippen LogP contribution is 2.34. The van der Waals surface area contributed by atoms with Crippen LogP contribution in [-0.2, 0) is 0 Å². The molecule has 86 valence electrons. The highest BCUT2D eigenvalue weighted by atomic mass is 35.5. The summed E-state index contributed by atoms with van der Waals surface area (Å²) in [5, 5.41) is 2.97. The maximum Gasteiger partial charge on any atom is 0.139 e. The first-order valence-electron chi connectivity index (χ1n) is 5.44. The highest BCUT2D eigenvalue weighted by molar-refractivity contribution is 6.33. The molecule has 1 N–H and O–H groups in total. The first kappa shape index (κ1) is 10.5. The van der Waals surface area contributed by atoms with E-state index in [1.54, 1.807) is 7.11 Å². The van der Waals surface area contributed by atoms with Gasteiger partial charge in [-0.05, 0) is 25.1 Å². The van der Waals surface area contributed by atoms with Crippen LogP contribution in [0, 0.1) is 6.92 Å². The summed E-state index contributed by atoms with van der Waals surface area (Å²) >= 11 is 6.16. The average Bonchev–Trinajstić information content (AvgIpc) is 2.65. The van der Waals surface area contributed by atoms with E-state index >= 15 is 0 Å². The lowest BCUT2D eigenvalue weighted by molar-refractivity contribution is 0.415. The van der Waals surface area contributed by atoms with E-state index in [1.165, 1.54) is 10.9 Å². The zero-order chi connectivity index (χ0) is 12.0. The maximum atomic E-state index is 6.16. The third kappa shape index (κ3) is 1.56. The standard InChI is InChI=1S/C14H12ClNO/c1-8-3-4-12-9(5-8)10-6-11(15)14(17-2)7-13(10)16-12/h3-7,16H,1-2H3. The molecule has 0 unspecified atom stereocenters. The molecule has 0 radical (unpaired) electrons. The van der Waals surface area contributed by atoms with Crippen LogP contribution in [0.25, 0.3) is 21.8 Å². The van der Waals surface area contributed by atoms with Crippen molar-refractivity contribution in [3.05, 3.63) is 40.9 Å². The number of benzene rings is 2. The zero-order valence-electron chi connectivity index (χ0n) is 9.67. The normalized spacial score (nSPS) is 11.2. The Morgan fingerprint density at radius 3 is 2.59 bits per heavy atom. The van der Waals surface area contributed by atoms with E-state index in [-0.39, 0.29) is 0 Å². The van der Waals surface area contributed by atoms with Crippen molar-refractivity contribution >= 4 is 33.4 Å². The maximum absolute atomic E-state index is 6.16. The number of nitrogens with one attached hydrogen (secondary N) is 1. The van der Waals surface area contributed by atoms with Crippen LogP contribution < -0.4 is 4.74 Å². The predicted molar refractivity (Wildman–Crippen MR) is 72.1 cm³/mol. The van der Waals surface area contributed by atoms with E-state index in [1.807, 2.05) is 12.1 Å². The number of fused-ring (bicyclic) bond motifs is 3. The molecule has 3 heteroatoms. The Morgan fingerprint density at radius 1 is 1.06 bits per heavy atom. The Hall–Kier alpha value is -1.67. The monoisotopic (exact) mass is 245 g/mol. The molecule has 3 rings (SSSR count). The molecule has 0 spiro atoms. The Kier molecular flexibility index (Phi) is 2.26. The summed E-state index contributed by atoms with van der Waals surface area (Å²) in [5.74, 6) is 0.697. The molecule has 2 nitrogen and oxygen atoms in total. The third-order valence-corrected chi connectivity index (χ3v) is 3.32. The number of ether oxygens (including phenoxy) is 1. The van der Waals surface area contributed by atoms with Crippen LogP contribution in [0.5, 0.6) is 5.75 Å². The minimum absolute atomic E-state index is 0.641. The van der Waals surface area contributed by atoms with Crippen LogP contribution in [0.4, 0.5) is 0 Å². The Labute approximate surface area is 104 Å². The van der Waals surface area contributed by atoms with E-state index in [4.69, 9.17) is 16.3 Å². The molecule has 2 aromatic carbocycles. The summed E-state index contributed by atoms with van der Waals surface area (Å²) < 4.78 is 5.22. The number of rotatable bonds is 1. The number of aromatic amines is 1. The number of halogens is 1. The number of aryl methyl sites for hydroxylation is 1. The molecule has 0 saturated carbocycles. The fourth-order valence-corrected chi connectivity index (χ4v) is 2.41. The van der Waals surface area contributed by atoms with Gasteiger partial charge in [-0.3, -0.25) is 0 Å². The smallest absolute Gasteiger partial charge is 0.139 e. The van der Waals surface area contributed by atoms with Gasteiger partial charge in [-0.25, -0.2) is 0 Å². The summed E-state index contributed by atoms with van der Waals surface area (Å²) in [6.45, 7) is 2.09. The number of H-pyrrole nitrogens is 1. The van der Waals surface area contributed by atoms with Crippen LogP contribution in [0.2, 0.25) is 5.02 Å². The first-order chi connectivity index (χ1) is 8.19. The van der Waals surface area contributed by atoms with Gasteiger partial charge in [-0.2, -0.15) is 0 Å². The van der Waals surface area contributed by atoms with Gasteiger partial charge in [0.25, 0.3) is 0 Å². The molecule has 0 fully saturated rings. The second kappa shape index (κ2) is 3.67. The minimum atomic E-state index is 0.641. The first-order valence-corrected chi connectivity index (χ1v) is 5.82. The number of hydrogen-bond donors (Lipinski definition) is 1. The molecular formula is C14H12ClNO. The number of hydrogen-bond acceptors (Lipinski definition) is 1. The van der Waals surface area contributed by atoms with Crippen LogP contribution >= 0.6 is 11.6 Å². The summed E-state index contributed by atoms with van der Waals surface area (Å²) in [6, 6.07) is 10.2. The molecule has 17 heavy (non-hydrogen) atoms. The second-order valence-electron chi connectivity index (χ2n) is 4.21. The topological polar surface area (TPSA) is 25.0 Å². The van der Waals surface area contributed by atoms with Crippen molar-refractivity contribution in [2.24, 2.45) is 0 Å². The molecule has 0 atom stereocenters. The van der Waals surface area contributed by atoms with Crippen LogP contribution in [0.3, 0.4) is 0 Å². The summed E-state index contributed by atoms with van der Waals surface area (Å²) in [4.78, 5) is 3.37. The zero-order valence-corrected chi connectivity index (χ0v) is 10.4. The van der Waals surface area contributed by atoms with Gasteiger partial charge < -0.3 is 9.72 Å². The highest BCUT2D eigenvalue weighted by Gasteiger charge is 2.08. The second-order valence-corrected chi connectivity index (χ2v) is 4.61. The fourth-order valence-electron chi connectivity index (χ4n) is 2.17. The Bertz CT molecular complexity index is 715. The molecule has 0 bridgehead atoms. The SMILES string of the molecule is COc1cc2[nH]c3ccc(C)cc3c2cc1Cl. The van der Waals surface area contributed by atoms with Gasteiger partial charge in [-0.1, -0.05) is 23.2 Å². The summed E-state index contributed by atoms with van der Waals surface area (Å²) in [5.41, 5.74) is 3.41. The summed E-state index contributed by atoms with van der Waals surface area (Å²) in [6.07, 6.45) is 0. The molecule has 1 aromatic heterocycles. The number of methoxy groups -OCH3 is 1. The van der Waals surface area contributed by atoms with Gasteiger partial charge in [0.15, 0.2) is 0 Å². The molecule has 0 amide bonds. The van der Waals surface area contributed by atoms with Gasteiger partial charge in [-0.15, -0.1) is 0 Å². The van der Waals surface area contributed by atoms with Crippen LogP contribution in [-0.4, -0.2) is 12.1 Å². The van der Waals surface area contributed by atoms with Gasteiger partial charge >= 0.3 is 0 Å². The van der Waals surface area contributed by atoms with Crippen molar-refractivity contribution in [3.8, 4) is 5.75 Å². The van der Waals surface area contributed by atoms with Crippen LogP contribution in [0.1, 0.15) is 5.56 Å². The van der Waals surface area contributed by atoms with E-state index in [9.17, 15) is 0 Å². The van der Waals surface area contributed by atoms with Crippen molar-refractivity contribution in [2.75, 3.05) is 7.11 Å². The predicted octanol–water partition coefficient (Wildman–Crippen LogP) is 4.29. The largest absolute Gasteiger partial charge is 0.495 e. The van der Waals surface area contributed by atoms with E-state index in [0.717, 1.165) is 16.4 Å². The number of aromatic nitrogens is 1. The molecule has 0 aliphatic rings. The third-order valence-electron chi connectivity index (χ3n) is 3.03. The van der Waals surface area contributed by atoms with Gasteiger partial charge in [0.1, 0.15) is 5.75 Å². The van der Waals surface area contributed by atoms with Crippen molar-refractivity contribution in [3.63, 3.8) is 0 Å². The lowest BCUT2D eigenvalue weighted by Crippen LogP contribution is -1.83. The molecule has 0 aliphatic heterocycles. The Morgan fingerprint density at radius 2 is 1.82 bits per heavy atom. The van der Waals surface area contributed by atoms with Crippen LogP contribution in [0.15, 0.2) is 30.3 Å². The van der Waals surface area contributed by atoms with Gasteiger partial charge in [0.2, 0.25) is 0 Å². The molecule has 0 aliphatic carbocycles. The van der Waals surface area contributed by atoms with E-state index < -0.39 is 0 Å². The Balaban J connectivity index is 2.44. The van der Waals surface area contributed by atoms with Crippen molar-refractivity contribution < 1.29 is 4.74 Å². The fraction of sp³-hybridized carbons (Fsp3) is 0.143. The van der Waals surface area contributed by atoms with E-state index in [0.29, 0.717) is 10.8 Å². The molecule has 0 saturated heterocycles. The quantitative estimate of drug-likeness (QED) is 0.680. The van der Waals surface area contributed by atoms with E-state index in [2.05, 4.69) is 30.1 Å². The van der Waals surface area contributed by atoms with Crippen molar-refractivity contribution in [1.29, 1.82) is 0 Å². The van der Waals surface area contributed by atoms with Gasteiger partial charge in [0, 0.05) is 22.4 Å². The minimum Gasteiger partial charge on any atom is -0.495 e. The molecule has 3 aromatic rings. The lowest BCUT2D eigenvalue weighted by Gasteiger charge is -2.02. The lowest BCUT2D eigenvalue weighted by atomic mass is 10.1. The van der Waals surface area contributed by atoms with Gasteiger partial charge in [0.05, 0.1) is 17.6 Å². The average molecular weight is 246 g/mol.